The van der Waals surface area contributed by atoms with Gasteiger partial charge in [-0.2, -0.15) is 0 Å². The molecule has 2 aliphatic rings. The van der Waals surface area contributed by atoms with Crippen molar-refractivity contribution in [1.29, 1.82) is 0 Å². The van der Waals surface area contributed by atoms with Crippen LogP contribution in [0.15, 0.2) is 36.4 Å². The molecule has 0 saturated heterocycles. The predicted molar refractivity (Wildman–Crippen MR) is 102 cm³/mol. The fraction of sp³-hybridized carbons (Fsp3) is 0.409. The summed E-state index contributed by atoms with van der Waals surface area (Å²) in [5.41, 5.74) is 0.453. The Labute approximate surface area is 167 Å². The Morgan fingerprint density at radius 3 is 2.64 bits per heavy atom. The van der Waals surface area contributed by atoms with Crippen molar-refractivity contribution in [3.05, 3.63) is 64.2 Å². The van der Waals surface area contributed by atoms with E-state index in [-0.39, 0.29) is 29.8 Å². The molecule has 0 spiro atoms. The quantitative estimate of drug-likeness (QED) is 0.667. The highest BCUT2D eigenvalue weighted by molar-refractivity contribution is 6.30. The molecule has 3 nitrogen and oxygen atoms in total. The average Bonchev–Trinajstić information content (AvgIpc) is 2.70. The second-order valence-corrected chi connectivity index (χ2v) is 8.07. The normalized spacial score (nSPS) is 26.0. The summed E-state index contributed by atoms with van der Waals surface area (Å²) < 4.78 is 40.2. The summed E-state index contributed by atoms with van der Waals surface area (Å²) in [6, 6.07) is 9.58. The van der Waals surface area contributed by atoms with E-state index in [0.717, 1.165) is 24.1 Å². The van der Waals surface area contributed by atoms with E-state index in [4.69, 9.17) is 21.1 Å². The van der Waals surface area contributed by atoms with Gasteiger partial charge in [-0.05, 0) is 49.1 Å². The molecule has 0 bridgehead atoms. The number of rotatable bonds is 3. The molecule has 6 heteroatoms. The third kappa shape index (κ3) is 3.06. The van der Waals surface area contributed by atoms with E-state index in [9.17, 15) is 9.18 Å². The highest BCUT2D eigenvalue weighted by Gasteiger charge is 2.54. The minimum atomic E-state index is -0.745. The van der Waals surface area contributed by atoms with Gasteiger partial charge in [0, 0.05) is 21.9 Å². The molecule has 1 heterocycles. The van der Waals surface area contributed by atoms with Crippen LogP contribution < -0.4 is 4.74 Å². The number of esters is 1. The summed E-state index contributed by atoms with van der Waals surface area (Å²) >= 11 is 6.01. The Hall–Kier alpha value is -2.14. The Kier molecular flexibility index (Phi) is 5.04. The van der Waals surface area contributed by atoms with E-state index >= 15 is 4.39 Å². The fourth-order valence-corrected chi connectivity index (χ4v) is 5.14. The van der Waals surface area contributed by atoms with Crippen LogP contribution >= 0.6 is 11.6 Å². The van der Waals surface area contributed by atoms with Crippen molar-refractivity contribution in [2.45, 2.75) is 31.1 Å². The average molecular weight is 407 g/mol. The molecule has 1 saturated carbocycles. The standard InChI is InChI=1S/C22H21ClF2O3/c1-27-21(26)15-3-2-10-22(11-13-4-6-14(23)7-5-13)16(15)12-28-20-18(25)9-8-17(24)19(20)22/h4-9,15-16H,2-3,10-12H2,1H3/t15-,16?,22+/m1/s1. The zero-order valence-corrected chi connectivity index (χ0v) is 16.3. The maximum absolute atomic E-state index is 15.1. The summed E-state index contributed by atoms with van der Waals surface area (Å²) in [4.78, 5) is 12.5. The Balaban J connectivity index is 1.88. The minimum Gasteiger partial charge on any atom is -0.490 e. The number of hydrogen-bond donors (Lipinski definition) is 0. The third-order valence-corrected chi connectivity index (χ3v) is 6.49. The lowest BCUT2D eigenvalue weighted by molar-refractivity contribution is -0.152. The maximum Gasteiger partial charge on any atom is 0.309 e. The van der Waals surface area contributed by atoms with Crippen molar-refractivity contribution in [2.24, 2.45) is 11.8 Å². The van der Waals surface area contributed by atoms with Crippen LogP contribution in [0.1, 0.15) is 30.4 Å². The molecule has 0 N–H and O–H groups in total. The largest absolute Gasteiger partial charge is 0.490 e. The van der Waals surface area contributed by atoms with Crippen LogP contribution in [0.3, 0.4) is 0 Å². The van der Waals surface area contributed by atoms with Gasteiger partial charge in [-0.15, -0.1) is 0 Å². The molecule has 0 radical (unpaired) electrons. The van der Waals surface area contributed by atoms with Crippen LogP contribution in [0.4, 0.5) is 8.78 Å². The molecular formula is C22H21ClF2O3. The molecule has 2 aromatic rings. The van der Waals surface area contributed by atoms with Crippen molar-refractivity contribution in [2.75, 3.05) is 13.7 Å². The lowest BCUT2D eigenvalue weighted by Crippen LogP contribution is -2.52. The molecule has 148 valence electrons. The van der Waals surface area contributed by atoms with Crippen molar-refractivity contribution in [3.8, 4) is 5.75 Å². The first-order valence-electron chi connectivity index (χ1n) is 9.40. The van der Waals surface area contributed by atoms with E-state index in [1.807, 2.05) is 12.1 Å². The van der Waals surface area contributed by atoms with Crippen LogP contribution in [0.5, 0.6) is 5.75 Å². The van der Waals surface area contributed by atoms with Crippen LogP contribution in [0.2, 0.25) is 5.02 Å². The number of carbonyl (C=O) groups is 1. The number of methoxy groups -OCH3 is 1. The zero-order chi connectivity index (χ0) is 19.9. The van der Waals surface area contributed by atoms with Crippen LogP contribution in [-0.2, 0) is 21.4 Å². The fourth-order valence-electron chi connectivity index (χ4n) is 5.01. The molecule has 1 unspecified atom stereocenters. The van der Waals surface area contributed by atoms with Gasteiger partial charge in [0.2, 0.25) is 0 Å². The summed E-state index contributed by atoms with van der Waals surface area (Å²) in [5.74, 6) is -2.15. The number of ether oxygens (including phenoxy) is 2. The molecule has 1 fully saturated rings. The van der Waals surface area contributed by atoms with Crippen LogP contribution in [0.25, 0.3) is 0 Å². The number of benzene rings is 2. The van der Waals surface area contributed by atoms with Gasteiger partial charge < -0.3 is 9.47 Å². The third-order valence-electron chi connectivity index (χ3n) is 6.23. The van der Waals surface area contributed by atoms with E-state index in [1.165, 1.54) is 7.11 Å². The lowest BCUT2D eigenvalue weighted by atomic mass is 9.55. The van der Waals surface area contributed by atoms with Crippen molar-refractivity contribution < 1.29 is 23.0 Å². The number of fused-ring (bicyclic) bond motifs is 3. The summed E-state index contributed by atoms with van der Waals surface area (Å²) in [5, 5.41) is 0.610. The Morgan fingerprint density at radius 2 is 1.93 bits per heavy atom. The predicted octanol–water partition coefficient (Wildman–Crippen LogP) is 5.08. The number of halogens is 3. The Morgan fingerprint density at radius 1 is 1.21 bits per heavy atom. The molecule has 0 amide bonds. The SMILES string of the molecule is COC(=O)[C@@H]1CCC[C@@]2(Cc3ccc(Cl)cc3)c3c(F)ccc(F)c3OCC12. The molecule has 4 rings (SSSR count). The van der Waals surface area contributed by atoms with Gasteiger partial charge >= 0.3 is 5.97 Å². The van der Waals surface area contributed by atoms with E-state index in [1.54, 1.807) is 12.1 Å². The van der Waals surface area contributed by atoms with Gasteiger partial charge in [0.1, 0.15) is 5.82 Å². The van der Waals surface area contributed by atoms with Crippen molar-refractivity contribution >= 4 is 17.6 Å². The zero-order valence-electron chi connectivity index (χ0n) is 15.5. The molecule has 2 aromatic carbocycles. The Bertz CT molecular complexity index is 899. The van der Waals surface area contributed by atoms with Crippen molar-refractivity contribution in [3.63, 3.8) is 0 Å². The number of carbonyl (C=O) groups excluding carboxylic acids is 1. The highest BCUT2D eigenvalue weighted by atomic mass is 35.5. The summed E-state index contributed by atoms with van der Waals surface area (Å²) in [6.45, 7) is 0.154. The lowest BCUT2D eigenvalue weighted by Gasteiger charge is -2.50. The molecule has 1 aliphatic carbocycles. The van der Waals surface area contributed by atoms with Gasteiger partial charge in [0.05, 0.1) is 19.6 Å². The molecular weight excluding hydrogens is 386 g/mol. The van der Waals surface area contributed by atoms with Gasteiger partial charge in [-0.25, -0.2) is 8.78 Å². The molecule has 1 aliphatic heterocycles. The van der Waals surface area contributed by atoms with E-state index < -0.39 is 23.0 Å². The van der Waals surface area contributed by atoms with Gasteiger partial charge in [-0.3, -0.25) is 4.79 Å². The first-order valence-corrected chi connectivity index (χ1v) is 9.77. The smallest absolute Gasteiger partial charge is 0.309 e. The minimum absolute atomic E-state index is 0.0317. The second kappa shape index (κ2) is 7.36. The maximum atomic E-state index is 15.1. The van der Waals surface area contributed by atoms with Gasteiger partial charge in [0.15, 0.2) is 11.6 Å². The first kappa shape index (κ1) is 19.2. The van der Waals surface area contributed by atoms with Crippen LogP contribution in [0, 0.1) is 23.5 Å². The monoisotopic (exact) mass is 406 g/mol. The molecule has 0 aromatic heterocycles. The number of hydrogen-bond acceptors (Lipinski definition) is 3. The van der Waals surface area contributed by atoms with Crippen molar-refractivity contribution in [1.82, 2.24) is 0 Å². The second-order valence-electron chi connectivity index (χ2n) is 7.63. The first-order chi connectivity index (χ1) is 13.5. The van der Waals surface area contributed by atoms with Gasteiger partial charge in [-0.1, -0.05) is 30.2 Å². The summed E-state index contributed by atoms with van der Waals surface area (Å²) in [6.07, 6.45) is 2.48. The molecule has 28 heavy (non-hydrogen) atoms. The van der Waals surface area contributed by atoms with Crippen LogP contribution in [-0.4, -0.2) is 19.7 Å². The molecule has 3 atom stereocenters. The van der Waals surface area contributed by atoms with E-state index in [0.29, 0.717) is 24.3 Å². The van der Waals surface area contributed by atoms with Gasteiger partial charge in [0.25, 0.3) is 0 Å². The van der Waals surface area contributed by atoms with E-state index in [2.05, 4.69) is 0 Å². The highest BCUT2D eigenvalue weighted by Crippen LogP contribution is 2.55. The summed E-state index contributed by atoms with van der Waals surface area (Å²) in [7, 11) is 1.36. The topological polar surface area (TPSA) is 35.5 Å².